The highest BCUT2D eigenvalue weighted by Crippen LogP contribution is 2.26. The van der Waals surface area contributed by atoms with Gasteiger partial charge >= 0.3 is 0 Å². The summed E-state index contributed by atoms with van der Waals surface area (Å²) in [6.07, 6.45) is 6.71. The molecule has 1 amide bonds. The molecule has 1 N–H and O–H groups in total. The average Bonchev–Trinajstić information content (AvgIpc) is 3.01. The maximum atomic E-state index is 12.8. The third-order valence-electron chi connectivity index (χ3n) is 3.41. The first-order valence-electron chi connectivity index (χ1n) is 7.60. The molecule has 0 aliphatic heterocycles. The molecule has 3 rings (SSSR count). The molecule has 6 heteroatoms. The lowest BCUT2D eigenvalue weighted by Gasteiger charge is -2.05. The molecule has 0 saturated carbocycles. The Hall–Kier alpha value is -2.86. The van der Waals surface area contributed by atoms with Crippen molar-refractivity contribution >= 4 is 29.4 Å². The molecule has 2 aromatic carbocycles. The number of rotatable bonds is 5. The Balaban J connectivity index is 1.58. The van der Waals surface area contributed by atoms with Crippen LogP contribution in [-0.2, 0) is 11.8 Å². The molecule has 0 saturated heterocycles. The quantitative estimate of drug-likeness (QED) is 0.693. The number of hydrogen-bond donors (Lipinski definition) is 1. The Morgan fingerprint density at radius 1 is 1.16 bits per heavy atom. The molecular weight excluding hydrogens is 337 g/mol. The molecule has 0 unspecified atom stereocenters. The van der Waals surface area contributed by atoms with E-state index in [0.29, 0.717) is 5.69 Å². The lowest BCUT2D eigenvalue weighted by molar-refractivity contribution is -0.111. The molecule has 3 aromatic rings. The van der Waals surface area contributed by atoms with Crippen molar-refractivity contribution in [2.24, 2.45) is 7.05 Å². The van der Waals surface area contributed by atoms with Crippen LogP contribution < -0.4 is 5.32 Å². The topological polar surface area (TPSA) is 46.9 Å². The van der Waals surface area contributed by atoms with Crippen LogP contribution in [0.25, 0.3) is 6.08 Å². The summed E-state index contributed by atoms with van der Waals surface area (Å²) < 4.78 is 14.8. The van der Waals surface area contributed by atoms with Gasteiger partial charge in [-0.3, -0.25) is 4.79 Å². The molecular formula is C19H16FN3OS. The first-order valence-corrected chi connectivity index (χ1v) is 8.42. The van der Waals surface area contributed by atoms with Gasteiger partial charge in [-0.15, -0.1) is 0 Å². The first kappa shape index (κ1) is 17.0. The summed E-state index contributed by atoms with van der Waals surface area (Å²) in [5.41, 5.74) is 1.47. The van der Waals surface area contributed by atoms with Gasteiger partial charge < -0.3 is 9.88 Å². The SMILES string of the molecule is Cn1ccnc1Sc1ccc(NC(=O)/C=C/c2ccc(F)cc2)cc1. The molecule has 1 heterocycles. The summed E-state index contributed by atoms with van der Waals surface area (Å²) in [4.78, 5) is 17.2. The van der Waals surface area contributed by atoms with Crippen LogP contribution in [-0.4, -0.2) is 15.5 Å². The van der Waals surface area contributed by atoms with E-state index in [9.17, 15) is 9.18 Å². The number of nitrogens with zero attached hydrogens (tertiary/aromatic N) is 2. The number of imidazole rings is 1. The molecule has 0 atom stereocenters. The highest BCUT2D eigenvalue weighted by Gasteiger charge is 2.03. The van der Waals surface area contributed by atoms with Gasteiger partial charge in [-0.1, -0.05) is 23.9 Å². The lowest BCUT2D eigenvalue weighted by Crippen LogP contribution is -2.07. The van der Waals surface area contributed by atoms with E-state index in [-0.39, 0.29) is 11.7 Å². The summed E-state index contributed by atoms with van der Waals surface area (Å²) in [5, 5.41) is 3.69. The monoisotopic (exact) mass is 353 g/mol. The molecule has 0 bridgehead atoms. The number of amides is 1. The zero-order valence-corrected chi connectivity index (χ0v) is 14.3. The molecule has 0 fully saturated rings. The Morgan fingerprint density at radius 3 is 2.52 bits per heavy atom. The van der Waals surface area contributed by atoms with E-state index in [1.807, 2.05) is 42.1 Å². The van der Waals surface area contributed by atoms with Crippen molar-refractivity contribution in [2.75, 3.05) is 5.32 Å². The number of anilines is 1. The van der Waals surface area contributed by atoms with Crippen LogP contribution in [0.2, 0.25) is 0 Å². The minimum Gasteiger partial charge on any atom is -0.329 e. The van der Waals surface area contributed by atoms with Crippen molar-refractivity contribution in [1.82, 2.24) is 9.55 Å². The average molecular weight is 353 g/mol. The molecule has 0 aliphatic rings. The van der Waals surface area contributed by atoms with Crippen molar-refractivity contribution in [2.45, 2.75) is 10.1 Å². The summed E-state index contributed by atoms with van der Waals surface area (Å²) >= 11 is 1.55. The van der Waals surface area contributed by atoms with Crippen molar-refractivity contribution < 1.29 is 9.18 Å². The van der Waals surface area contributed by atoms with Crippen molar-refractivity contribution in [1.29, 1.82) is 0 Å². The van der Waals surface area contributed by atoms with E-state index in [4.69, 9.17) is 0 Å². The minimum atomic E-state index is -0.301. The Labute approximate surface area is 149 Å². The van der Waals surface area contributed by atoms with Gasteiger partial charge in [-0.05, 0) is 48.0 Å². The summed E-state index contributed by atoms with van der Waals surface area (Å²) in [5.74, 6) is -0.543. The standard InChI is InChI=1S/C19H16FN3OS/c1-23-13-12-21-19(23)25-17-9-7-16(8-10-17)22-18(24)11-4-14-2-5-15(20)6-3-14/h2-13H,1H3,(H,22,24)/b11-4+. The van der Waals surface area contributed by atoms with Crippen LogP contribution in [0.5, 0.6) is 0 Å². The molecule has 0 aliphatic carbocycles. The highest BCUT2D eigenvalue weighted by atomic mass is 32.2. The summed E-state index contributed by atoms with van der Waals surface area (Å²) in [6, 6.07) is 13.5. The summed E-state index contributed by atoms with van der Waals surface area (Å²) in [6.45, 7) is 0. The van der Waals surface area contributed by atoms with Crippen LogP contribution in [0.1, 0.15) is 5.56 Å². The minimum absolute atomic E-state index is 0.242. The fraction of sp³-hybridized carbons (Fsp3) is 0.0526. The number of carbonyl (C=O) groups excluding carboxylic acids is 1. The van der Waals surface area contributed by atoms with Crippen LogP contribution >= 0.6 is 11.8 Å². The number of hydrogen-bond acceptors (Lipinski definition) is 3. The predicted molar refractivity (Wildman–Crippen MR) is 97.8 cm³/mol. The van der Waals surface area contributed by atoms with Gasteiger partial charge in [0.25, 0.3) is 0 Å². The normalized spacial score (nSPS) is 11.0. The number of nitrogens with one attached hydrogen (secondary N) is 1. The largest absolute Gasteiger partial charge is 0.329 e. The lowest BCUT2D eigenvalue weighted by atomic mass is 10.2. The maximum absolute atomic E-state index is 12.8. The van der Waals surface area contributed by atoms with Crippen molar-refractivity contribution in [3.8, 4) is 0 Å². The Kier molecular flexibility index (Phi) is 5.30. The third kappa shape index (κ3) is 4.81. The molecule has 4 nitrogen and oxygen atoms in total. The van der Waals surface area contributed by atoms with Gasteiger partial charge in [0.05, 0.1) is 0 Å². The van der Waals surface area contributed by atoms with Gasteiger partial charge in [-0.2, -0.15) is 0 Å². The second kappa shape index (κ2) is 7.81. The number of benzene rings is 2. The van der Waals surface area contributed by atoms with Crippen LogP contribution in [0.3, 0.4) is 0 Å². The first-order chi connectivity index (χ1) is 12.1. The summed E-state index contributed by atoms with van der Waals surface area (Å²) in [7, 11) is 1.94. The second-order valence-corrected chi connectivity index (χ2v) is 6.36. The number of aromatic nitrogens is 2. The van der Waals surface area contributed by atoms with E-state index >= 15 is 0 Å². The van der Waals surface area contributed by atoms with Crippen LogP contribution in [0.15, 0.2) is 77.1 Å². The Morgan fingerprint density at radius 2 is 1.88 bits per heavy atom. The number of aryl methyl sites for hydroxylation is 1. The van der Waals surface area contributed by atoms with E-state index in [0.717, 1.165) is 15.6 Å². The van der Waals surface area contributed by atoms with E-state index in [1.54, 1.807) is 36.2 Å². The molecule has 0 radical (unpaired) electrons. The van der Waals surface area contributed by atoms with Gasteiger partial charge in [0.2, 0.25) is 5.91 Å². The predicted octanol–water partition coefficient (Wildman–Crippen LogP) is 4.36. The van der Waals surface area contributed by atoms with Crippen molar-refractivity contribution in [3.05, 3.63) is 78.4 Å². The third-order valence-corrected chi connectivity index (χ3v) is 4.49. The van der Waals surface area contributed by atoms with E-state index < -0.39 is 0 Å². The molecule has 25 heavy (non-hydrogen) atoms. The zero-order chi connectivity index (χ0) is 17.6. The van der Waals surface area contributed by atoms with E-state index in [1.165, 1.54) is 18.2 Å². The van der Waals surface area contributed by atoms with Gasteiger partial charge in [0.15, 0.2) is 5.16 Å². The Bertz CT molecular complexity index is 886. The van der Waals surface area contributed by atoms with Gasteiger partial charge in [0, 0.05) is 36.1 Å². The fourth-order valence-corrected chi connectivity index (χ4v) is 2.89. The van der Waals surface area contributed by atoms with E-state index in [2.05, 4.69) is 10.3 Å². The van der Waals surface area contributed by atoms with Gasteiger partial charge in [0.1, 0.15) is 5.82 Å². The number of carbonyl (C=O) groups is 1. The molecule has 0 spiro atoms. The number of halogens is 1. The second-order valence-electron chi connectivity index (χ2n) is 5.32. The van der Waals surface area contributed by atoms with Crippen LogP contribution in [0.4, 0.5) is 10.1 Å². The maximum Gasteiger partial charge on any atom is 0.248 e. The zero-order valence-electron chi connectivity index (χ0n) is 13.5. The fourth-order valence-electron chi connectivity index (χ4n) is 2.09. The smallest absolute Gasteiger partial charge is 0.248 e. The van der Waals surface area contributed by atoms with Crippen LogP contribution in [0, 0.1) is 5.82 Å². The molecule has 126 valence electrons. The van der Waals surface area contributed by atoms with Gasteiger partial charge in [-0.25, -0.2) is 9.37 Å². The van der Waals surface area contributed by atoms with Crippen molar-refractivity contribution in [3.63, 3.8) is 0 Å². The highest BCUT2D eigenvalue weighted by molar-refractivity contribution is 7.99. The molecule has 1 aromatic heterocycles.